The highest BCUT2D eigenvalue weighted by molar-refractivity contribution is 5.49. The summed E-state index contributed by atoms with van der Waals surface area (Å²) in [5.41, 5.74) is 1.17. The van der Waals surface area contributed by atoms with E-state index < -0.39 is 0 Å². The molecule has 0 heterocycles. The molecule has 0 aliphatic rings. The van der Waals surface area contributed by atoms with Gasteiger partial charge in [-0.25, -0.2) is 0 Å². The summed E-state index contributed by atoms with van der Waals surface area (Å²) in [6.07, 6.45) is 7.79. The van der Waals surface area contributed by atoms with E-state index in [0.29, 0.717) is 5.92 Å². The molecule has 14 heavy (non-hydrogen) atoms. The van der Waals surface area contributed by atoms with Crippen LogP contribution >= 0.6 is 0 Å². The van der Waals surface area contributed by atoms with Gasteiger partial charge in [-0.05, 0) is 25.8 Å². The van der Waals surface area contributed by atoms with Gasteiger partial charge in [0.25, 0.3) is 0 Å². The Balaban J connectivity index is 4.15. The summed E-state index contributed by atoms with van der Waals surface area (Å²) in [6.45, 7) is 9.08. The Hall–Kier alpha value is -1.05. The van der Waals surface area contributed by atoms with Crippen molar-refractivity contribution in [1.82, 2.24) is 4.90 Å². The van der Waals surface area contributed by atoms with Crippen molar-refractivity contribution in [3.63, 3.8) is 0 Å². The number of rotatable bonds is 6. The van der Waals surface area contributed by atoms with Crippen LogP contribution in [-0.4, -0.2) is 17.9 Å². The smallest absolute Gasteiger partial charge is 0.213 e. The molecule has 2 nitrogen and oxygen atoms in total. The van der Waals surface area contributed by atoms with Crippen LogP contribution in [0.4, 0.5) is 0 Å². The summed E-state index contributed by atoms with van der Waals surface area (Å²) in [4.78, 5) is 12.4. The predicted molar refractivity (Wildman–Crippen MR) is 60.8 cm³/mol. The maximum atomic E-state index is 10.7. The maximum absolute atomic E-state index is 10.7. The van der Waals surface area contributed by atoms with Gasteiger partial charge < -0.3 is 4.90 Å². The topological polar surface area (TPSA) is 20.3 Å². The van der Waals surface area contributed by atoms with E-state index in [1.54, 1.807) is 4.90 Å². The zero-order chi connectivity index (χ0) is 11.0. The van der Waals surface area contributed by atoms with Crippen LogP contribution in [-0.2, 0) is 4.79 Å². The van der Waals surface area contributed by atoms with Gasteiger partial charge in [-0.15, -0.1) is 0 Å². The Morgan fingerprint density at radius 3 is 2.57 bits per heavy atom. The van der Waals surface area contributed by atoms with Gasteiger partial charge in [-0.2, -0.15) is 0 Å². The molecule has 0 aliphatic carbocycles. The molecule has 1 unspecified atom stereocenters. The summed E-state index contributed by atoms with van der Waals surface area (Å²) in [6, 6.07) is 0. The van der Waals surface area contributed by atoms with Gasteiger partial charge >= 0.3 is 0 Å². The van der Waals surface area contributed by atoms with E-state index in [1.807, 2.05) is 32.2 Å². The van der Waals surface area contributed by atoms with Crippen molar-refractivity contribution in [2.24, 2.45) is 5.92 Å². The Kier molecular flexibility index (Phi) is 6.81. The molecule has 0 saturated carbocycles. The molecule has 0 N–H and O–H groups in total. The summed E-state index contributed by atoms with van der Waals surface area (Å²) in [5.74, 6) is 0.552. The minimum atomic E-state index is 0.552. The van der Waals surface area contributed by atoms with Crippen LogP contribution in [0.3, 0.4) is 0 Å². The molecule has 0 bridgehead atoms. The Morgan fingerprint density at radius 2 is 2.14 bits per heavy atom. The number of allylic oxidation sites excluding steroid dienone is 3. The van der Waals surface area contributed by atoms with E-state index in [1.165, 1.54) is 5.57 Å². The van der Waals surface area contributed by atoms with E-state index >= 15 is 0 Å². The zero-order valence-corrected chi connectivity index (χ0v) is 9.66. The third kappa shape index (κ3) is 5.57. The van der Waals surface area contributed by atoms with Crippen molar-refractivity contribution in [1.29, 1.82) is 0 Å². The average molecular weight is 195 g/mol. The first kappa shape index (κ1) is 12.9. The van der Waals surface area contributed by atoms with Gasteiger partial charge in [-0.1, -0.05) is 31.9 Å². The first-order chi connectivity index (χ1) is 6.63. The quantitative estimate of drug-likeness (QED) is 0.471. The van der Waals surface area contributed by atoms with E-state index in [-0.39, 0.29) is 0 Å². The lowest BCUT2D eigenvalue weighted by molar-refractivity contribution is -0.116. The minimum Gasteiger partial charge on any atom is -0.321 e. The van der Waals surface area contributed by atoms with E-state index in [0.717, 1.165) is 19.4 Å². The fourth-order valence-electron chi connectivity index (χ4n) is 0.938. The molecule has 1 amide bonds. The highest BCUT2D eigenvalue weighted by Gasteiger charge is 2.02. The number of carbonyl (C=O) groups excluding carboxylic acids is 1. The van der Waals surface area contributed by atoms with Crippen LogP contribution in [0.25, 0.3) is 0 Å². The van der Waals surface area contributed by atoms with Crippen LogP contribution in [0.15, 0.2) is 23.9 Å². The molecular formula is C12H21NO. The molecule has 0 aromatic carbocycles. The van der Waals surface area contributed by atoms with Gasteiger partial charge in [0.15, 0.2) is 0 Å². The van der Waals surface area contributed by atoms with Crippen molar-refractivity contribution < 1.29 is 4.79 Å². The Labute approximate surface area is 87.3 Å². The zero-order valence-electron chi connectivity index (χ0n) is 9.66. The van der Waals surface area contributed by atoms with Crippen LogP contribution in [0.1, 0.15) is 34.1 Å². The normalized spacial score (nSPS) is 14.4. The molecule has 0 aliphatic heterocycles. The standard InChI is InChI=1S/C12H21NO/c1-5-11(3)7-8-13(10-14)9-12(4)6-2/h5,7-8,10,12H,6,9H2,1-4H3. The number of hydrogen-bond donors (Lipinski definition) is 0. The van der Waals surface area contributed by atoms with Crippen molar-refractivity contribution in [3.05, 3.63) is 23.9 Å². The summed E-state index contributed by atoms with van der Waals surface area (Å²) in [7, 11) is 0. The van der Waals surface area contributed by atoms with E-state index in [2.05, 4.69) is 13.8 Å². The second-order valence-electron chi connectivity index (χ2n) is 3.66. The molecule has 0 rings (SSSR count). The number of carbonyl (C=O) groups is 1. The fraction of sp³-hybridized carbons (Fsp3) is 0.583. The molecule has 0 spiro atoms. The van der Waals surface area contributed by atoms with E-state index in [9.17, 15) is 4.79 Å². The highest BCUT2D eigenvalue weighted by atomic mass is 16.1. The van der Waals surface area contributed by atoms with Gasteiger partial charge in [0, 0.05) is 12.7 Å². The maximum Gasteiger partial charge on any atom is 0.213 e. The molecule has 0 aromatic rings. The first-order valence-electron chi connectivity index (χ1n) is 5.16. The number of hydrogen-bond acceptors (Lipinski definition) is 1. The number of amides is 1. The monoisotopic (exact) mass is 195 g/mol. The third-order valence-corrected chi connectivity index (χ3v) is 2.34. The lowest BCUT2D eigenvalue weighted by atomic mass is 10.1. The highest BCUT2D eigenvalue weighted by Crippen LogP contribution is 2.04. The second-order valence-corrected chi connectivity index (χ2v) is 3.66. The van der Waals surface area contributed by atoms with Gasteiger partial charge in [0.2, 0.25) is 6.41 Å². The molecule has 1 atom stereocenters. The Morgan fingerprint density at radius 1 is 1.50 bits per heavy atom. The summed E-state index contributed by atoms with van der Waals surface area (Å²) < 4.78 is 0. The van der Waals surface area contributed by atoms with Crippen molar-refractivity contribution >= 4 is 6.41 Å². The lowest BCUT2D eigenvalue weighted by Gasteiger charge is -2.16. The largest absolute Gasteiger partial charge is 0.321 e. The van der Waals surface area contributed by atoms with Crippen molar-refractivity contribution in [3.8, 4) is 0 Å². The molecule has 0 saturated heterocycles. The predicted octanol–water partition coefficient (Wildman–Crippen LogP) is 2.97. The van der Waals surface area contributed by atoms with Crippen LogP contribution in [0.5, 0.6) is 0 Å². The minimum absolute atomic E-state index is 0.552. The SMILES string of the molecule is CC=C(C)C=CN(C=O)CC(C)CC. The molecule has 0 fully saturated rings. The van der Waals surface area contributed by atoms with Gasteiger partial charge in [-0.3, -0.25) is 4.79 Å². The first-order valence-corrected chi connectivity index (χ1v) is 5.16. The van der Waals surface area contributed by atoms with Crippen LogP contribution in [0.2, 0.25) is 0 Å². The fourth-order valence-corrected chi connectivity index (χ4v) is 0.938. The lowest BCUT2D eigenvalue weighted by Crippen LogP contribution is -2.21. The molecule has 0 radical (unpaired) electrons. The molecule has 0 aromatic heterocycles. The molecule has 80 valence electrons. The average Bonchev–Trinajstić information content (AvgIpc) is 2.22. The summed E-state index contributed by atoms with van der Waals surface area (Å²) in [5, 5.41) is 0. The van der Waals surface area contributed by atoms with Crippen LogP contribution in [0, 0.1) is 5.92 Å². The molecular weight excluding hydrogens is 174 g/mol. The van der Waals surface area contributed by atoms with Gasteiger partial charge in [0.05, 0.1) is 0 Å². The van der Waals surface area contributed by atoms with Crippen molar-refractivity contribution in [2.45, 2.75) is 34.1 Å². The number of nitrogens with zero attached hydrogens (tertiary/aromatic N) is 1. The second kappa shape index (κ2) is 7.36. The third-order valence-electron chi connectivity index (χ3n) is 2.34. The van der Waals surface area contributed by atoms with E-state index in [4.69, 9.17) is 0 Å². The summed E-state index contributed by atoms with van der Waals surface area (Å²) >= 11 is 0. The Bertz CT molecular complexity index is 218. The molecule has 2 heteroatoms. The van der Waals surface area contributed by atoms with Crippen molar-refractivity contribution in [2.75, 3.05) is 6.54 Å². The van der Waals surface area contributed by atoms with Crippen LogP contribution < -0.4 is 0 Å². The van der Waals surface area contributed by atoms with Gasteiger partial charge in [0.1, 0.15) is 0 Å².